The molecule has 3 rings (SSSR count). The number of amides is 1. The molecule has 0 atom stereocenters. The molecule has 0 fully saturated rings. The van der Waals surface area contributed by atoms with Gasteiger partial charge >= 0.3 is 0 Å². The van der Waals surface area contributed by atoms with Crippen molar-refractivity contribution < 1.29 is 13.2 Å². The summed E-state index contributed by atoms with van der Waals surface area (Å²) in [6.07, 6.45) is 0. The maximum Gasteiger partial charge on any atom is 0.262 e. The molecule has 174 valence electrons. The van der Waals surface area contributed by atoms with Gasteiger partial charge in [-0.2, -0.15) is 11.8 Å². The summed E-state index contributed by atoms with van der Waals surface area (Å²) in [6, 6.07) is 18.6. The minimum Gasteiger partial charge on any atom is -0.351 e. The van der Waals surface area contributed by atoms with Crippen LogP contribution < -0.4 is 10.0 Å². The molecule has 0 saturated carbocycles. The highest BCUT2D eigenvalue weighted by molar-refractivity contribution is 7.98. The van der Waals surface area contributed by atoms with Crippen molar-refractivity contribution in [2.45, 2.75) is 38.3 Å². The van der Waals surface area contributed by atoms with Crippen LogP contribution in [-0.2, 0) is 15.8 Å². The van der Waals surface area contributed by atoms with Gasteiger partial charge in [-0.15, -0.1) is 0 Å². The summed E-state index contributed by atoms with van der Waals surface area (Å²) >= 11 is 1.75. The highest BCUT2D eigenvalue weighted by Crippen LogP contribution is 2.24. The summed E-state index contributed by atoms with van der Waals surface area (Å²) in [7, 11) is -3.84. The largest absolute Gasteiger partial charge is 0.351 e. The molecule has 5 nitrogen and oxygen atoms in total. The topological polar surface area (TPSA) is 75.3 Å². The van der Waals surface area contributed by atoms with Gasteiger partial charge in [0.05, 0.1) is 10.6 Å². The van der Waals surface area contributed by atoms with Crippen molar-refractivity contribution in [1.29, 1.82) is 0 Å². The van der Waals surface area contributed by atoms with Gasteiger partial charge in [0.1, 0.15) is 0 Å². The van der Waals surface area contributed by atoms with Crippen molar-refractivity contribution in [3.63, 3.8) is 0 Å². The van der Waals surface area contributed by atoms with Crippen LogP contribution in [0, 0.1) is 27.7 Å². The third kappa shape index (κ3) is 6.62. The molecule has 0 heterocycles. The Morgan fingerprint density at radius 3 is 2.36 bits per heavy atom. The second-order valence-electron chi connectivity index (χ2n) is 8.14. The van der Waals surface area contributed by atoms with Gasteiger partial charge in [0.15, 0.2) is 0 Å². The Labute approximate surface area is 201 Å². The van der Waals surface area contributed by atoms with Gasteiger partial charge in [0, 0.05) is 23.6 Å². The summed E-state index contributed by atoms with van der Waals surface area (Å²) in [5, 5.41) is 2.89. The molecular formula is C26H30N2O3S2. The minimum atomic E-state index is -3.84. The Morgan fingerprint density at radius 1 is 0.879 bits per heavy atom. The summed E-state index contributed by atoms with van der Waals surface area (Å²) in [6.45, 7) is 8.08. The number of hydrogen-bond donors (Lipinski definition) is 2. The fourth-order valence-corrected chi connectivity index (χ4v) is 5.70. The molecule has 3 aromatic carbocycles. The number of carbonyl (C=O) groups is 1. The van der Waals surface area contributed by atoms with Gasteiger partial charge in [-0.3, -0.25) is 9.52 Å². The number of sulfonamides is 1. The fraction of sp³-hybridized carbons (Fsp3) is 0.269. The standard InChI is InChI=1S/C26H30N2O3S2/c1-18-9-10-20(3)24(15-18)28-33(30,31)25-16-22(12-11-21(25)4)26(29)27-13-14-32-17-23-8-6-5-7-19(23)2/h5-12,15-16,28H,13-14,17H2,1-4H3,(H,27,29). The quantitative estimate of drug-likeness (QED) is 0.401. The summed E-state index contributed by atoms with van der Waals surface area (Å²) in [4.78, 5) is 12.7. The lowest BCUT2D eigenvalue weighted by molar-refractivity contribution is 0.0956. The summed E-state index contributed by atoms with van der Waals surface area (Å²) in [5.41, 5.74) is 5.79. The van der Waals surface area contributed by atoms with Gasteiger partial charge < -0.3 is 5.32 Å². The molecule has 3 aromatic rings. The zero-order valence-corrected chi connectivity index (χ0v) is 21.1. The lowest BCUT2D eigenvalue weighted by Gasteiger charge is -2.14. The molecule has 2 N–H and O–H groups in total. The summed E-state index contributed by atoms with van der Waals surface area (Å²) in [5.74, 6) is 1.37. The molecule has 0 aromatic heterocycles. The molecule has 0 aliphatic carbocycles. The predicted octanol–water partition coefficient (Wildman–Crippen LogP) is 5.38. The first-order valence-electron chi connectivity index (χ1n) is 10.8. The molecule has 0 bridgehead atoms. The number of hydrogen-bond acceptors (Lipinski definition) is 4. The average molecular weight is 483 g/mol. The van der Waals surface area contributed by atoms with E-state index in [2.05, 4.69) is 29.1 Å². The van der Waals surface area contributed by atoms with Crippen molar-refractivity contribution in [3.05, 3.63) is 94.0 Å². The van der Waals surface area contributed by atoms with Crippen molar-refractivity contribution in [2.75, 3.05) is 17.0 Å². The first-order chi connectivity index (χ1) is 15.7. The number of benzene rings is 3. The molecule has 33 heavy (non-hydrogen) atoms. The van der Waals surface area contributed by atoms with Gasteiger partial charge in [-0.1, -0.05) is 42.5 Å². The highest BCUT2D eigenvalue weighted by Gasteiger charge is 2.20. The SMILES string of the molecule is Cc1ccc(C)c(NS(=O)(=O)c2cc(C(=O)NCCSCc3ccccc3C)ccc2C)c1. The van der Waals surface area contributed by atoms with E-state index in [0.717, 1.165) is 22.6 Å². The smallest absolute Gasteiger partial charge is 0.262 e. The normalized spacial score (nSPS) is 11.3. The second-order valence-corrected chi connectivity index (χ2v) is 10.9. The van der Waals surface area contributed by atoms with E-state index in [4.69, 9.17) is 0 Å². The number of thioether (sulfide) groups is 1. The third-order valence-corrected chi connectivity index (χ3v) is 7.94. The Bertz CT molecular complexity index is 1250. The van der Waals surface area contributed by atoms with E-state index in [1.54, 1.807) is 36.9 Å². The molecule has 7 heteroatoms. The zero-order chi connectivity index (χ0) is 24.0. The van der Waals surface area contributed by atoms with E-state index in [1.165, 1.54) is 17.2 Å². The van der Waals surface area contributed by atoms with Crippen LogP contribution in [0.15, 0.2) is 65.6 Å². The van der Waals surface area contributed by atoms with Crippen LogP contribution in [0.25, 0.3) is 0 Å². The fourth-order valence-electron chi connectivity index (χ4n) is 3.37. The molecule has 0 unspecified atom stereocenters. The van der Waals surface area contributed by atoms with Gasteiger partial charge in [-0.05, 0) is 73.7 Å². The molecule has 0 radical (unpaired) electrons. The predicted molar refractivity (Wildman–Crippen MR) is 138 cm³/mol. The Hall–Kier alpha value is -2.77. The molecule has 0 saturated heterocycles. The molecule has 0 spiro atoms. The van der Waals surface area contributed by atoms with Crippen molar-refractivity contribution >= 4 is 33.4 Å². The lowest BCUT2D eigenvalue weighted by atomic mass is 10.1. The van der Waals surface area contributed by atoms with E-state index in [1.807, 2.05) is 38.1 Å². The maximum atomic E-state index is 13.1. The maximum absolute atomic E-state index is 13.1. The van der Waals surface area contributed by atoms with Crippen LogP contribution >= 0.6 is 11.8 Å². The average Bonchev–Trinajstić information content (AvgIpc) is 2.77. The van der Waals surface area contributed by atoms with Gasteiger partial charge in [0.25, 0.3) is 15.9 Å². The summed E-state index contributed by atoms with van der Waals surface area (Å²) < 4.78 is 28.8. The van der Waals surface area contributed by atoms with Crippen LogP contribution in [0.2, 0.25) is 0 Å². The number of aryl methyl sites for hydroxylation is 4. The molecule has 0 aliphatic heterocycles. The number of anilines is 1. The third-order valence-electron chi connectivity index (χ3n) is 5.43. The van der Waals surface area contributed by atoms with Crippen molar-refractivity contribution in [2.24, 2.45) is 0 Å². The zero-order valence-electron chi connectivity index (χ0n) is 19.4. The Balaban J connectivity index is 1.63. The first kappa shape index (κ1) is 24.9. The van der Waals surface area contributed by atoms with E-state index < -0.39 is 10.0 Å². The van der Waals surface area contributed by atoms with Crippen molar-refractivity contribution in [1.82, 2.24) is 5.32 Å². The first-order valence-corrected chi connectivity index (χ1v) is 13.4. The van der Waals surface area contributed by atoms with Crippen LogP contribution in [0.3, 0.4) is 0 Å². The van der Waals surface area contributed by atoms with Crippen LogP contribution in [0.1, 0.15) is 38.2 Å². The number of rotatable bonds is 9. The Morgan fingerprint density at radius 2 is 1.61 bits per heavy atom. The molecule has 1 amide bonds. The van der Waals surface area contributed by atoms with Crippen LogP contribution in [-0.4, -0.2) is 26.6 Å². The minimum absolute atomic E-state index is 0.102. The monoisotopic (exact) mass is 482 g/mol. The van der Waals surface area contributed by atoms with E-state index >= 15 is 0 Å². The highest BCUT2D eigenvalue weighted by atomic mass is 32.2. The van der Waals surface area contributed by atoms with E-state index in [0.29, 0.717) is 23.4 Å². The Kier molecular flexibility index (Phi) is 8.21. The van der Waals surface area contributed by atoms with Crippen molar-refractivity contribution in [3.8, 4) is 0 Å². The second kappa shape index (κ2) is 10.9. The number of nitrogens with one attached hydrogen (secondary N) is 2. The van der Waals surface area contributed by atoms with Crippen LogP contribution in [0.5, 0.6) is 0 Å². The van der Waals surface area contributed by atoms with Gasteiger partial charge in [0.2, 0.25) is 0 Å². The van der Waals surface area contributed by atoms with Gasteiger partial charge in [-0.25, -0.2) is 8.42 Å². The number of carbonyl (C=O) groups excluding carboxylic acids is 1. The van der Waals surface area contributed by atoms with E-state index in [-0.39, 0.29) is 10.8 Å². The lowest BCUT2D eigenvalue weighted by Crippen LogP contribution is -2.26. The van der Waals surface area contributed by atoms with Crippen LogP contribution in [0.4, 0.5) is 5.69 Å². The molecular weight excluding hydrogens is 452 g/mol. The van der Waals surface area contributed by atoms with E-state index in [9.17, 15) is 13.2 Å². The molecule has 0 aliphatic rings.